The molecule has 0 radical (unpaired) electrons. The Kier molecular flexibility index (Phi) is 3.19. The quantitative estimate of drug-likeness (QED) is 0.427. The molecule has 5 heteroatoms. The maximum absolute atomic E-state index is 10.4. The molecule has 0 fully saturated rings. The second-order valence-electron chi connectivity index (χ2n) is 2.71. The molecule has 0 aromatic heterocycles. The summed E-state index contributed by atoms with van der Waals surface area (Å²) < 4.78 is 0. The molecule has 0 bridgehead atoms. The van der Waals surface area contributed by atoms with Crippen LogP contribution in [0.5, 0.6) is 0 Å². The number of nitrogens with zero attached hydrogens (tertiary/aromatic N) is 1. The molecule has 0 amide bonds. The first kappa shape index (κ1) is 10.2. The highest BCUT2D eigenvalue weighted by Crippen LogP contribution is 2.22. The van der Waals surface area contributed by atoms with E-state index in [0.717, 1.165) is 5.56 Å². The predicted octanol–water partition coefficient (Wildman–Crippen LogP) is 1.15. The highest BCUT2D eigenvalue weighted by atomic mass is 16.6. The Balaban J connectivity index is 3.00. The van der Waals surface area contributed by atoms with Gasteiger partial charge in [-0.1, -0.05) is 12.2 Å². The van der Waals surface area contributed by atoms with E-state index in [2.05, 4.69) is 0 Å². The van der Waals surface area contributed by atoms with E-state index in [1.54, 1.807) is 24.3 Å². The molecule has 0 spiro atoms. The minimum Gasteiger partial charge on any atom is -0.393 e. The summed E-state index contributed by atoms with van der Waals surface area (Å²) in [5.41, 5.74) is 11.6. The molecule has 0 aliphatic heterocycles. The summed E-state index contributed by atoms with van der Waals surface area (Å²) in [5.74, 6) is 0. The van der Waals surface area contributed by atoms with Crippen molar-refractivity contribution in [3.05, 3.63) is 40.0 Å². The maximum Gasteiger partial charge on any atom is 0.292 e. The molecule has 0 aliphatic carbocycles. The van der Waals surface area contributed by atoms with Gasteiger partial charge in [0.2, 0.25) is 0 Å². The smallest absolute Gasteiger partial charge is 0.292 e. The van der Waals surface area contributed by atoms with Gasteiger partial charge in [-0.3, -0.25) is 10.1 Å². The molecule has 74 valence electrons. The molecular weight excluding hydrogens is 182 g/mol. The molecule has 0 aliphatic rings. The van der Waals surface area contributed by atoms with Crippen LogP contribution < -0.4 is 11.5 Å². The number of anilines is 1. The zero-order chi connectivity index (χ0) is 10.6. The Hall–Kier alpha value is -1.88. The monoisotopic (exact) mass is 193 g/mol. The molecule has 0 heterocycles. The molecule has 5 nitrogen and oxygen atoms in total. The maximum atomic E-state index is 10.4. The van der Waals surface area contributed by atoms with Crippen molar-refractivity contribution in [3.8, 4) is 0 Å². The van der Waals surface area contributed by atoms with Crippen molar-refractivity contribution in [3.63, 3.8) is 0 Å². The summed E-state index contributed by atoms with van der Waals surface area (Å²) in [4.78, 5) is 9.93. The van der Waals surface area contributed by atoms with Gasteiger partial charge in [-0.2, -0.15) is 0 Å². The SMILES string of the molecule is NCC=Cc1ccc([N+](=O)[O-])c(N)c1. The summed E-state index contributed by atoms with van der Waals surface area (Å²) >= 11 is 0. The third kappa shape index (κ3) is 2.30. The standard InChI is InChI=1S/C9H11N3O2/c10-5-1-2-7-3-4-9(12(13)14)8(11)6-7/h1-4,6H,5,10-11H2. The number of hydrogen-bond acceptors (Lipinski definition) is 4. The largest absolute Gasteiger partial charge is 0.393 e. The number of rotatable bonds is 3. The number of nitro groups is 1. The van der Waals surface area contributed by atoms with Crippen LogP contribution in [0.4, 0.5) is 11.4 Å². The van der Waals surface area contributed by atoms with Crippen molar-refractivity contribution in [1.82, 2.24) is 0 Å². The third-order valence-corrected chi connectivity index (χ3v) is 1.69. The first-order valence-electron chi connectivity index (χ1n) is 4.05. The lowest BCUT2D eigenvalue weighted by Crippen LogP contribution is -1.96. The summed E-state index contributed by atoms with van der Waals surface area (Å²) in [6.45, 7) is 0.427. The lowest BCUT2D eigenvalue weighted by Gasteiger charge is -1.98. The number of nitro benzene ring substituents is 1. The van der Waals surface area contributed by atoms with E-state index in [-0.39, 0.29) is 11.4 Å². The molecule has 0 saturated carbocycles. The zero-order valence-electron chi connectivity index (χ0n) is 7.51. The number of nitrogens with two attached hydrogens (primary N) is 2. The first-order chi connectivity index (χ1) is 6.65. The highest BCUT2D eigenvalue weighted by Gasteiger charge is 2.09. The van der Waals surface area contributed by atoms with Gasteiger partial charge < -0.3 is 11.5 Å². The molecule has 14 heavy (non-hydrogen) atoms. The normalized spacial score (nSPS) is 10.6. The second-order valence-corrected chi connectivity index (χ2v) is 2.71. The summed E-state index contributed by atoms with van der Waals surface area (Å²) in [7, 11) is 0. The molecule has 0 saturated heterocycles. The minimum atomic E-state index is -0.508. The lowest BCUT2D eigenvalue weighted by molar-refractivity contribution is -0.383. The van der Waals surface area contributed by atoms with E-state index in [1.165, 1.54) is 6.07 Å². The van der Waals surface area contributed by atoms with Crippen molar-refractivity contribution in [2.75, 3.05) is 12.3 Å². The van der Waals surface area contributed by atoms with Crippen molar-refractivity contribution < 1.29 is 4.92 Å². The van der Waals surface area contributed by atoms with Crippen LogP contribution >= 0.6 is 0 Å². The predicted molar refractivity (Wildman–Crippen MR) is 55.6 cm³/mol. The average Bonchev–Trinajstić information content (AvgIpc) is 2.14. The van der Waals surface area contributed by atoms with Gasteiger partial charge in [0.15, 0.2) is 0 Å². The zero-order valence-corrected chi connectivity index (χ0v) is 7.51. The van der Waals surface area contributed by atoms with Gasteiger partial charge in [0.25, 0.3) is 5.69 Å². The molecule has 4 N–H and O–H groups in total. The number of benzene rings is 1. The summed E-state index contributed by atoms with van der Waals surface area (Å²) in [6.07, 6.45) is 3.51. The fourth-order valence-corrected chi connectivity index (χ4v) is 1.05. The van der Waals surface area contributed by atoms with Crippen LogP contribution in [-0.2, 0) is 0 Å². The second kappa shape index (κ2) is 4.38. The Labute approximate surface area is 81.2 Å². The third-order valence-electron chi connectivity index (χ3n) is 1.69. The average molecular weight is 193 g/mol. The van der Waals surface area contributed by atoms with E-state index in [9.17, 15) is 10.1 Å². The van der Waals surface area contributed by atoms with Crippen LogP contribution in [0.25, 0.3) is 6.08 Å². The van der Waals surface area contributed by atoms with E-state index in [4.69, 9.17) is 11.5 Å². The van der Waals surface area contributed by atoms with Crippen molar-refractivity contribution in [2.45, 2.75) is 0 Å². The van der Waals surface area contributed by atoms with Crippen molar-refractivity contribution in [1.29, 1.82) is 0 Å². The number of nitrogen functional groups attached to an aromatic ring is 1. The highest BCUT2D eigenvalue weighted by molar-refractivity contribution is 5.65. The van der Waals surface area contributed by atoms with Crippen LogP contribution in [0.1, 0.15) is 5.56 Å². The fraction of sp³-hybridized carbons (Fsp3) is 0.111. The first-order valence-corrected chi connectivity index (χ1v) is 4.05. The molecule has 0 unspecified atom stereocenters. The van der Waals surface area contributed by atoms with Gasteiger partial charge in [-0.25, -0.2) is 0 Å². The van der Waals surface area contributed by atoms with Crippen LogP contribution in [0.2, 0.25) is 0 Å². The Morgan fingerprint density at radius 2 is 2.21 bits per heavy atom. The van der Waals surface area contributed by atoms with Crippen LogP contribution in [-0.4, -0.2) is 11.5 Å². The molecule has 0 atom stereocenters. The van der Waals surface area contributed by atoms with Gasteiger partial charge in [0, 0.05) is 12.6 Å². The van der Waals surface area contributed by atoms with Crippen LogP contribution in [0, 0.1) is 10.1 Å². The molecular formula is C9H11N3O2. The van der Waals surface area contributed by atoms with E-state index >= 15 is 0 Å². The van der Waals surface area contributed by atoms with Crippen molar-refractivity contribution >= 4 is 17.5 Å². The Morgan fingerprint density at radius 3 is 2.71 bits per heavy atom. The lowest BCUT2D eigenvalue weighted by atomic mass is 10.1. The van der Waals surface area contributed by atoms with Crippen LogP contribution in [0.15, 0.2) is 24.3 Å². The molecule has 1 aromatic rings. The van der Waals surface area contributed by atoms with Gasteiger partial charge in [-0.05, 0) is 17.7 Å². The molecule has 1 rings (SSSR count). The Bertz CT molecular complexity index is 374. The summed E-state index contributed by atoms with van der Waals surface area (Å²) in [5, 5.41) is 10.4. The van der Waals surface area contributed by atoms with Gasteiger partial charge in [0.05, 0.1) is 4.92 Å². The summed E-state index contributed by atoms with van der Waals surface area (Å²) in [6, 6.07) is 4.55. The Morgan fingerprint density at radius 1 is 1.50 bits per heavy atom. The van der Waals surface area contributed by atoms with E-state index in [0.29, 0.717) is 6.54 Å². The fourth-order valence-electron chi connectivity index (χ4n) is 1.05. The van der Waals surface area contributed by atoms with Crippen LogP contribution in [0.3, 0.4) is 0 Å². The topological polar surface area (TPSA) is 95.2 Å². The van der Waals surface area contributed by atoms with Gasteiger partial charge in [0.1, 0.15) is 5.69 Å². The number of hydrogen-bond donors (Lipinski definition) is 2. The van der Waals surface area contributed by atoms with E-state index in [1.807, 2.05) is 0 Å². The minimum absolute atomic E-state index is 0.0742. The molecule has 1 aromatic carbocycles. The van der Waals surface area contributed by atoms with Gasteiger partial charge in [-0.15, -0.1) is 0 Å². The van der Waals surface area contributed by atoms with E-state index < -0.39 is 4.92 Å². The van der Waals surface area contributed by atoms with Gasteiger partial charge >= 0.3 is 0 Å². The van der Waals surface area contributed by atoms with Crippen molar-refractivity contribution in [2.24, 2.45) is 5.73 Å².